The third-order valence-corrected chi connectivity index (χ3v) is 4.53. The lowest BCUT2D eigenvalue weighted by Crippen LogP contribution is -2.43. The minimum atomic E-state index is 0. The smallest absolute Gasteiger partial charge is 0.191 e. The second kappa shape index (κ2) is 10.3. The number of rotatable bonds is 6. The summed E-state index contributed by atoms with van der Waals surface area (Å²) in [6, 6.07) is 2.07. The van der Waals surface area contributed by atoms with Gasteiger partial charge in [0.15, 0.2) is 5.96 Å². The van der Waals surface area contributed by atoms with Crippen LogP contribution >= 0.6 is 35.7 Å². The maximum Gasteiger partial charge on any atom is 0.191 e. The average Bonchev–Trinajstić information content (AvgIpc) is 2.44. The Balaban J connectivity index is 0.00000400. The maximum atomic E-state index is 4.25. The summed E-state index contributed by atoms with van der Waals surface area (Å²) in [6.45, 7) is 8.29. The minimum absolute atomic E-state index is 0. The van der Waals surface area contributed by atoms with Crippen molar-refractivity contribution in [2.24, 2.45) is 4.99 Å². The predicted molar refractivity (Wildman–Crippen MR) is 105 cm³/mol. The molecule has 1 aromatic rings. The second-order valence-corrected chi connectivity index (χ2v) is 6.88. The molecule has 21 heavy (non-hydrogen) atoms. The van der Waals surface area contributed by atoms with Crippen molar-refractivity contribution in [3.63, 3.8) is 0 Å². The Morgan fingerprint density at radius 1 is 1.38 bits per heavy atom. The van der Waals surface area contributed by atoms with Crippen molar-refractivity contribution < 1.29 is 0 Å². The van der Waals surface area contributed by atoms with Crippen LogP contribution in [0.3, 0.4) is 0 Å². The van der Waals surface area contributed by atoms with Crippen LogP contribution in [0.25, 0.3) is 0 Å². The largest absolute Gasteiger partial charge is 0.356 e. The molecule has 0 saturated heterocycles. The normalized spacial score (nSPS) is 11.8. The van der Waals surface area contributed by atoms with Crippen LogP contribution < -0.4 is 10.6 Å². The number of guanidine groups is 1. The van der Waals surface area contributed by atoms with E-state index < -0.39 is 0 Å². The van der Waals surface area contributed by atoms with E-state index in [9.17, 15) is 0 Å². The molecule has 2 N–H and O–H groups in total. The van der Waals surface area contributed by atoms with Gasteiger partial charge in [-0.15, -0.1) is 24.0 Å². The van der Waals surface area contributed by atoms with Crippen LogP contribution in [0.5, 0.6) is 0 Å². The van der Waals surface area contributed by atoms with Gasteiger partial charge in [-0.05, 0) is 50.6 Å². The molecular formula is C15H27IN4S. The molecule has 0 unspecified atom stereocenters. The summed E-state index contributed by atoms with van der Waals surface area (Å²) in [5.74, 6) is 0.860. The number of thioether (sulfide) groups is 1. The van der Waals surface area contributed by atoms with Gasteiger partial charge >= 0.3 is 0 Å². The summed E-state index contributed by atoms with van der Waals surface area (Å²) in [5, 5.41) is 6.72. The second-order valence-electron chi connectivity index (χ2n) is 5.37. The van der Waals surface area contributed by atoms with Crippen molar-refractivity contribution in [2.45, 2.75) is 31.9 Å². The molecule has 6 heteroatoms. The van der Waals surface area contributed by atoms with Crippen molar-refractivity contribution in [2.75, 3.05) is 26.4 Å². The summed E-state index contributed by atoms with van der Waals surface area (Å²) >= 11 is 1.85. The van der Waals surface area contributed by atoms with E-state index in [1.807, 2.05) is 24.2 Å². The zero-order chi connectivity index (χ0) is 15.0. The van der Waals surface area contributed by atoms with Gasteiger partial charge in [0.1, 0.15) is 0 Å². The quantitative estimate of drug-likeness (QED) is 0.421. The third-order valence-electron chi connectivity index (χ3n) is 3.28. The lowest BCUT2D eigenvalue weighted by molar-refractivity contribution is 0.664. The highest BCUT2D eigenvalue weighted by Gasteiger charge is 2.15. The molecule has 1 rings (SSSR count). The van der Waals surface area contributed by atoms with E-state index in [4.69, 9.17) is 0 Å². The zero-order valence-electron chi connectivity index (χ0n) is 13.6. The van der Waals surface area contributed by atoms with Crippen LogP contribution in [0, 0.1) is 6.92 Å². The minimum Gasteiger partial charge on any atom is -0.356 e. The lowest BCUT2D eigenvalue weighted by atomic mass is 10.1. The van der Waals surface area contributed by atoms with Crippen molar-refractivity contribution >= 4 is 41.7 Å². The molecule has 0 aromatic carbocycles. The molecule has 0 radical (unpaired) electrons. The molecule has 120 valence electrons. The molecule has 4 nitrogen and oxygen atoms in total. The molecule has 0 fully saturated rings. The maximum absolute atomic E-state index is 4.25. The van der Waals surface area contributed by atoms with Gasteiger partial charge in [-0.1, -0.05) is 0 Å². The summed E-state index contributed by atoms with van der Waals surface area (Å²) in [5.41, 5.74) is 2.56. The molecule has 0 aliphatic rings. The van der Waals surface area contributed by atoms with Crippen molar-refractivity contribution in [3.05, 3.63) is 29.6 Å². The number of aryl methyl sites for hydroxylation is 1. The predicted octanol–water partition coefficient (Wildman–Crippen LogP) is 2.86. The van der Waals surface area contributed by atoms with Crippen molar-refractivity contribution in [1.82, 2.24) is 15.6 Å². The number of pyridine rings is 1. The number of nitrogens with one attached hydrogen (secondary N) is 2. The van der Waals surface area contributed by atoms with Crippen LogP contribution in [0.15, 0.2) is 23.5 Å². The van der Waals surface area contributed by atoms with Gasteiger partial charge < -0.3 is 10.6 Å². The number of aliphatic imine (C=N–C) groups is 1. The van der Waals surface area contributed by atoms with Gasteiger partial charge in [-0.25, -0.2) is 0 Å². The molecule has 0 spiro atoms. The van der Waals surface area contributed by atoms with Crippen LogP contribution in [0.1, 0.15) is 25.0 Å². The van der Waals surface area contributed by atoms with E-state index >= 15 is 0 Å². The first-order valence-electron chi connectivity index (χ1n) is 6.87. The zero-order valence-corrected chi connectivity index (χ0v) is 16.7. The molecule has 0 atom stereocenters. The average molecular weight is 422 g/mol. The monoisotopic (exact) mass is 422 g/mol. The van der Waals surface area contributed by atoms with Crippen molar-refractivity contribution in [3.8, 4) is 0 Å². The fourth-order valence-electron chi connectivity index (χ4n) is 1.69. The lowest BCUT2D eigenvalue weighted by Gasteiger charge is -2.23. The molecule has 0 aliphatic carbocycles. The van der Waals surface area contributed by atoms with Gasteiger partial charge in [0, 0.05) is 37.3 Å². The van der Waals surface area contributed by atoms with E-state index in [0.717, 1.165) is 25.5 Å². The van der Waals surface area contributed by atoms with Gasteiger partial charge in [-0.3, -0.25) is 9.98 Å². The highest BCUT2D eigenvalue weighted by molar-refractivity contribution is 14.0. The number of aromatic nitrogens is 1. The van der Waals surface area contributed by atoms with Crippen LogP contribution in [-0.2, 0) is 6.42 Å². The van der Waals surface area contributed by atoms with E-state index in [1.165, 1.54) is 11.1 Å². The van der Waals surface area contributed by atoms with Crippen LogP contribution in [0.4, 0.5) is 0 Å². The van der Waals surface area contributed by atoms with E-state index in [-0.39, 0.29) is 28.7 Å². The van der Waals surface area contributed by atoms with E-state index in [0.29, 0.717) is 0 Å². The molecular weight excluding hydrogens is 395 g/mol. The van der Waals surface area contributed by atoms with Crippen LogP contribution in [-0.4, -0.2) is 42.1 Å². The van der Waals surface area contributed by atoms with Gasteiger partial charge in [0.2, 0.25) is 0 Å². The highest BCUT2D eigenvalue weighted by Crippen LogP contribution is 2.19. The van der Waals surface area contributed by atoms with Crippen LogP contribution in [0.2, 0.25) is 0 Å². The molecule has 1 aromatic heterocycles. The van der Waals surface area contributed by atoms with E-state index in [1.54, 1.807) is 7.05 Å². The first-order chi connectivity index (χ1) is 9.48. The Bertz CT molecular complexity index is 449. The Morgan fingerprint density at radius 2 is 2.10 bits per heavy atom. The number of hydrogen-bond acceptors (Lipinski definition) is 3. The summed E-state index contributed by atoms with van der Waals surface area (Å²) in [4.78, 5) is 8.36. The summed E-state index contributed by atoms with van der Waals surface area (Å²) < 4.78 is 0.208. The Hall–Kier alpha value is -0.500. The number of halogens is 1. The molecule has 1 heterocycles. The molecule has 0 bridgehead atoms. The SMILES string of the molecule is CN=C(NCCc1ccncc1C)NCC(C)(C)SC.I. The summed E-state index contributed by atoms with van der Waals surface area (Å²) in [7, 11) is 1.80. The fraction of sp³-hybridized carbons (Fsp3) is 0.600. The highest BCUT2D eigenvalue weighted by atomic mass is 127. The summed E-state index contributed by atoms with van der Waals surface area (Å²) in [6.07, 6.45) is 6.85. The Morgan fingerprint density at radius 3 is 2.67 bits per heavy atom. The van der Waals surface area contributed by atoms with E-state index in [2.05, 4.69) is 53.7 Å². The first kappa shape index (κ1) is 20.5. The topological polar surface area (TPSA) is 49.3 Å². The van der Waals surface area contributed by atoms with Gasteiger partial charge in [-0.2, -0.15) is 11.8 Å². The molecule has 0 saturated carbocycles. The van der Waals surface area contributed by atoms with Crippen molar-refractivity contribution in [1.29, 1.82) is 0 Å². The standard InChI is InChI=1S/C15H26N4S.HI/c1-12-10-17-8-6-13(12)7-9-18-14(16-4)19-11-15(2,3)20-5;/h6,8,10H,7,9,11H2,1-5H3,(H2,16,18,19);1H. The fourth-order valence-corrected chi connectivity index (χ4v) is 1.90. The van der Waals surface area contributed by atoms with Gasteiger partial charge in [0.25, 0.3) is 0 Å². The third kappa shape index (κ3) is 7.90. The molecule has 0 aliphatic heterocycles. The Kier molecular flexibility index (Phi) is 10.0. The molecule has 0 amide bonds. The first-order valence-corrected chi connectivity index (χ1v) is 8.10. The number of hydrogen-bond donors (Lipinski definition) is 2. The van der Waals surface area contributed by atoms with Gasteiger partial charge in [0.05, 0.1) is 0 Å². The number of nitrogens with zero attached hydrogens (tertiary/aromatic N) is 2. The Labute approximate surface area is 150 Å².